The van der Waals surface area contributed by atoms with Crippen LogP contribution in [0.3, 0.4) is 0 Å². The molecule has 0 spiro atoms. The molecule has 1 atom stereocenters. The van der Waals surface area contributed by atoms with E-state index in [2.05, 4.69) is 15.9 Å². The second kappa shape index (κ2) is 6.53. The summed E-state index contributed by atoms with van der Waals surface area (Å²) in [4.78, 5) is 12.1. The molecule has 0 saturated carbocycles. The number of hydrogen-bond acceptors (Lipinski definition) is 3. The molecule has 2 N–H and O–H groups in total. The first-order valence-corrected chi connectivity index (χ1v) is 7.13. The zero-order valence-corrected chi connectivity index (χ0v) is 13.6. The summed E-state index contributed by atoms with van der Waals surface area (Å²) in [6, 6.07) is 5.51. The monoisotopic (exact) mass is 327 g/mol. The van der Waals surface area contributed by atoms with E-state index in [-0.39, 0.29) is 17.2 Å². The summed E-state index contributed by atoms with van der Waals surface area (Å²) in [6.07, 6.45) is 0.773. The van der Waals surface area contributed by atoms with Crippen LogP contribution >= 0.6 is 15.9 Å². The van der Waals surface area contributed by atoms with Crippen molar-refractivity contribution in [1.29, 1.82) is 0 Å². The molecule has 0 saturated heterocycles. The van der Waals surface area contributed by atoms with Crippen LogP contribution in [-0.2, 0) is 11.2 Å². The van der Waals surface area contributed by atoms with Crippen LogP contribution in [0.1, 0.15) is 32.8 Å². The van der Waals surface area contributed by atoms with E-state index in [0.29, 0.717) is 12.8 Å². The smallest absolute Gasteiger partial charge is 0.138 e. The molecule has 0 radical (unpaired) electrons. The summed E-state index contributed by atoms with van der Waals surface area (Å²) in [5, 5.41) is 0. The van der Waals surface area contributed by atoms with Crippen molar-refractivity contribution in [3.8, 4) is 5.75 Å². The van der Waals surface area contributed by atoms with Crippen molar-refractivity contribution < 1.29 is 9.53 Å². The van der Waals surface area contributed by atoms with Crippen LogP contribution in [0.4, 0.5) is 0 Å². The lowest BCUT2D eigenvalue weighted by Crippen LogP contribution is -2.37. The van der Waals surface area contributed by atoms with E-state index in [1.54, 1.807) is 7.11 Å². The molecule has 0 bridgehead atoms. The van der Waals surface area contributed by atoms with Crippen molar-refractivity contribution in [1.82, 2.24) is 0 Å². The van der Waals surface area contributed by atoms with Gasteiger partial charge in [-0.1, -0.05) is 36.7 Å². The van der Waals surface area contributed by atoms with Crippen LogP contribution in [0.2, 0.25) is 0 Å². The molecule has 1 aromatic carbocycles. The van der Waals surface area contributed by atoms with Gasteiger partial charge in [0.2, 0.25) is 0 Å². The van der Waals surface area contributed by atoms with Gasteiger partial charge in [-0.05, 0) is 29.2 Å². The van der Waals surface area contributed by atoms with Gasteiger partial charge in [0.1, 0.15) is 11.5 Å². The lowest BCUT2D eigenvalue weighted by Gasteiger charge is -2.26. The normalized spacial score (nSPS) is 13.2. The SMILES string of the molecule is COc1ccc(Br)c(CC(=O)CC(N)C(C)(C)C)c1. The third-order valence-corrected chi connectivity index (χ3v) is 3.97. The van der Waals surface area contributed by atoms with Gasteiger partial charge >= 0.3 is 0 Å². The molecule has 3 nitrogen and oxygen atoms in total. The van der Waals surface area contributed by atoms with E-state index in [1.165, 1.54) is 0 Å². The van der Waals surface area contributed by atoms with Gasteiger partial charge in [-0.2, -0.15) is 0 Å². The van der Waals surface area contributed by atoms with E-state index in [4.69, 9.17) is 10.5 Å². The van der Waals surface area contributed by atoms with E-state index < -0.39 is 0 Å². The first-order chi connectivity index (χ1) is 8.74. The van der Waals surface area contributed by atoms with Gasteiger partial charge < -0.3 is 10.5 Å². The molecule has 19 heavy (non-hydrogen) atoms. The average molecular weight is 328 g/mol. The molecule has 1 aromatic rings. The number of ketones is 1. The number of rotatable bonds is 5. The Kier molecular flexibility index (Phi) is 5.56. The quantitative estimate of drug-likeness (QED) is 0.902. The Bertz CT molecular complexity index is 452. The Morgan fingerprint density at radius 2 is 2.05 bits per heavy atom. The summed E-state index contributed by atoms with van der Waals surface area (Å²) in [5.41, 5.74) is 6.92. The number of benzene rings is 1. The highest BCUT2D eigenvalue weighted by Gasteiger charge is 2.23. The Labute approximate surface area is 123 Å². The summed E-state index contributed by atoms with van der Waals surface area (Å²) in [7, 11) is 1.62. The van der Waals surface area contributed by atoms with Crippen molar-refractivity contribution >= 4 is 21.7 Å². The number of carbonyl (C=O) groups excluding carboxylic acids is 1. The fraction of sp³-hybridized carbons (Fsp3) is 0.533. The van der Waals surface area contributed by atoms with Gasteiger partial charge in [0.25, 0.3) is 0 Å². The number of ether oxygens (including phenoxy) is 1. The molecule has 0 aliphatic carbocycles. The van der Waals surface area contributed by atoms with E-state index >= 15 is 0 Å². The molecule has 106 valence electrons. The molecule has 1 rings (SSSR count). The van der Waals surface area contributed by atoms with Gasteiger partial charge in [-0.15, -0.1) is 0 Å². The second-order valence-corrected chi connectivity index (χ2v) is 6.70. The minimum Gasteiger partial charge on any atom is -0.497 e. The standard InChI is InChI=1S/C15H22BrNO2/c1-15(2,3)14(17)9-11(18)7-10-8-12(19-4)5-6-13(10)16/h5-6,8,14H,7,9,17H2,1-4H3. The Balaban J connectivity index is 2.72. The number of nitrogens with two attached hydrogens (primary N) is 1. The molecule has 4 heteroatoms. The largest absolute Gasteiger partial charge is 0.497 e. The van der Waals surface area contributed by atoms with E-state index in [0.717, 1.165) is 15.8 Å². The lowest BCUT2D eigenvalue weighted by molar-refractivity contribution is -0.119. The number of hydrogen-bond donors (Lipinski definition) is 1. The van der Waals surface area contributed by atoms with Crippen LogP contribution in [0.15, 0.2) is 22.7 Å². The fourth-order valence-corrected chi connectivity index (χ4v) is 2.04. The summed E-state index contributed by atoms with van der Waals surface area (Å²) < 4.78 is 6.09. The first-order valence-electron chi connectivity index (χ1n) is 6.33. The van der Waals surface area contributed by atoms with Crippen LogP contribution in [0.25, 0.3) is 0 Å². The molecular weight excluding hydrogens is 306 g/mol. The molecule has 0 heterocycles. The number of carbonyl (C=O) groups is 1. The highest BCUT2D eigenvalue weighted by molar-refractivity contribution is 9.10. The average Bonchev–Trinajstić information content (AvgIpc) is 2.30. The molecule has 0 aliphatic heterocycles. The van der Waals surface area contributed by atoms with Gasteiger partial charge in [-0.25, -0.2) is 0 Å². The Morgan fingerprint density at radius 3 is 2.58 bits per heavy atom. The Hall–Kier alpha value is -0.870. The van der Waals surface area contributed by atoms with Crippen molar-refractivity contribution in [3.05, 3.63) is 28.2 Å². The minimum atomic E-state index is -0.121. The van der Waals surface area contributed by atoms with Crippen molar-refractivity contribution in [3.63, 3.8) is 0 Å². The third kappa shape index (κ3) is 4.96. The predicted octanol–water partition coefficient (Wildman–Crippen LogP) is 3.33. The lowest BCUT2D eigenvalue weighted by atomic mass is 9.84. The van der Waals surface area contributed by atoms with Crippen molar-refractivity contribution in [2.24, 2.45) is 11.1 Å². The maximum absolute atomic E-state index is 12.1. The van der Waals surface area contributed by atoms with Crippen molar-refractivity contribution in [2.45, 2.75) is 39.7 Å². The zero-order valence-electron chi connectivity index (χ0n) is 12.0. The molecule has 0 amide bonds. The topological polar surface area (TPSA) is 52.3 Å². The van der Waals surface area contributed by atoms with Gasteiger partial charge in [0.05, 0.1) is 7.11 Å². The van der Waals surface area contributed by atoms with Crippen LogP contribution in [0.5, 0.6) is 5.75 Å². The summed E-state index contributed by atoms with van der Waals surface area (Å²) >= 11 is 3.45. The molecule has 1 unspecified atom stereocenters. The number of methoxy groups -OCH3 is 1. The van der Waals surface area contributed by atoms with Crippen LogP contribution in [-0.4, -0.2) is 18.9 Å². The maximum atomic E-state index is 12.1. The number of halogens is 1. The molecular formula is C15H22BrNO2. The maximum Gasteiger partial charge on any atom is 0.138 e. The van der Waals surface area contributed by atoms with Gasteiger partial charge in [0, 0.05) is 23.4 Å². The highest BCUT2D eigenvalue weighted by atomic mass is 79.9. The first kappa shape index (κ1) is 16.2. The van der Waals surface area contributed by atoms with Gasteiger partial charge in [-0.3, -0.25) is 4.79 Å². The number of Topliss-reactive ketones (excluding diaryl/α,β-unsaturated/α-hetero) is 1. The van der Waals surface area contributed by atoms with E-state index in [1.807, 2.05) is 39.0 Å². The Morgan fingerprint density at radius 1 is 1.42 bits per heavy atom. The minimum absolute atomic E-state index is 0.0543. The summed E-state index contributed by atoms with van der Waals surface area (Å²) in [6.45, 7) is 6.14. The zero-order chi connectivity index (χ0) is 14.6. The summed E-state index contributed by atoms with van der Waals surface area (Å²) in [5.74, 6) is 0.905. The van der Waals surface area contributed by atoms with Crippen LogP contribution in [0, 0.1) is 5.41 Å². The highest BCUT2D eigenvalue weighted by Crippen LogP contribution is 2.25. The predicted molar refractivity (Wildman–Crippen MR) is 81.5 cm³/mol. The van der Waals surface area contributed by atoms with E-state index in [9.17, 15) is 4.79 Å². The second-order valence-electron chi connectivity index (χ2n) is 5.85. The fourth-order valence-electron chi connectivity index (χ4n) is 1.65. The third-order valence-electron chi connectivity index (χ3n) is 3.20. The molecule has 0 fully saturated rings. The van der Waals surface area contributed by atoms with Crippen LogP contribution < -0.4 is 10.5 Å². The van der Waals surface area contributed by atoms with Gasteiger partial charge in [0.15, 0.2) is 0 Å². The molecule has 0 aliphatic rings. The molecule has 0 aromatic heterocycles. The van der Waals surface area contributed by atoms with Crippen molar-refractivity contribution in [2.75, 3.05) is 7.11 Å².